The Balaban J connectivity index is 2.27. The van der Waals surface area contributed by atoms with Crippen molar-refractivity contribution in [2.24, 2.45) is 7.05 Å². The van der Waals surface area contributed by atoms with E-state index < -0.39 is 11.5 Å². The normalized spacial score (nSPS) is 13.9. The Morgan fingerprint density at radius 2 is 2.05 bits per heavy atom. The molecule has 2 N–H and O–H groups in total. The quantitative estimate of drug-likeness (QED) is 0.885. The van der Waals surface area contributed by atoms with Gasteiger partial charge in [0.1, 0.15) is 5.54 Å². The minimum Gasteiger partial charge on any atom is -0.480 e. The number of carboxylic acid groups (broad SMARTS) is 1. The summed E-state index contributed by atoms with van der Waals surface area (Å²) in [6.07, 6.45) is 3.85. The molecule has 1 unspecified atom stereocenters. The minimum absolute atomic E-state index is 0.336. The van der Waals surface area contributed by atoms with Crippen molar-refractivity contribution in [1.82, 2.24) is 9.88 Å². The zero-order valence-electron chi connectivity index (χ0n) is 11.7. The van der Waals surface area contributed by atoms with Crippen LogP contribution in [0.1, 0.15) is 18.1 Å². The van der Waals surface area contributed by atoms with E-state index in [-0.39, 0.29) is 0 Å². The summed E-state index contributed by atoms with van der Waals surface area (Å²) in [6, 6.07) is 6.78. The fourth-order valence-electron chi connectivity index (χ4n) is 2.05. The highest BCUT2D eigenvalue weighted by atomic mass is 35.5. The Morgan fingerprint density at radius 3 is 2.57 bits per heavy atom. The smallest absolute Gasteiger partial charge is 0.328 e. The van der Waals surface area contributed by atoms with Crippen LogP contribution in [-0.4, -0.2) is 15.6 Å². The summed E-state index contributed by atoms with van der Waals surface area (Å²) in [4.78, 5) is 11.7. The van der Waals surface area contributed by atoms with Crippen molar-refractivity contribution >= 4 is 29.2 Å². The first-order valence-electron chi connectivity index (χ1n) is 6.38. The first-order valence-corrected chi connectivity index (χ1v) is 7.13. The molecule has 1 heterocycles. The first kappa shape index (κ1) is 15.9. The second-order valence-corrected chi connectivity index (χ2v) is 5.91. The van der Waals surface area contributed by atoms with E-state index in [9.17, 15) is 9.90 Å². The van der Waals surface area contributed by atoms with Crippen molar-refractivity contribution in [2.75, 3.05) is 0 Å². The largest absolute Gasteiger partial charge is 0.480 e. The Bertz CT molecular complexity index is 669. The zero-order chi connectivity index (χ0) is 15.6. The molecule has 21 heavy (non-hydrogen) atoms. The van der Waals surface area contributed by atoms with Crippen molar-refractivity contribution in [3.8, 4) is 0 Å². The van der Waals surface area contributed by atoms with Crippen LogP contribution < -0.4 is 5.32 Å². The van der Waals surface area contributed by atoms with Gasteiger partial charge >= 0.3 is 5.97 Å². The van der Waals surface area contributed by atoms with Crippen molar-refractivity contribution in [3.63, 3.8) is 0 Å². The molecule has 0 spiro atoms. The van der Waals surface area contributed by atoms with Crippen LogP contribution in [0.3, 0.4) is 0 Å². The maximum Gasteiger partial charge on any atom is 0.328 e. The number of aromatic nitrogens is 1. The van der Waals surface area contributed by atoms with E-state index in [0.717, 1.165) is 5.56 Å². The Labute approximate surface area is 133 Å². The lowest BCUT2D eigenvalue weighted by Gasteiger charge is -2.27. The second-order valence-electron chi connectivity index (χ2n) is 5.10. The molecule has 0 radical (unpaired) electrons. The molecule has 112 valence electrons. The Kier molecular flexibility index (Phi) is 4.61. The summed E-state index contributed by atoms with van der Waals surface area (Å²) >= 11 is 11.9. The number of hydrogen-bond donors (Lipinski definition) is 2. The van der Waals surface area contributed by atoms with Crippen LogP contribution >= 0.6 is 23.2 Å². The maximum absolute atomic E-state index is 11.7. The van der Waals surface area contributed by atoms with E-state index in [1.165, 1.54) is 0 Å². The number of carbonyl (C=O) groups is 1. The predicted octanol–water partition coefficient (Wildman–Crippen LogP) is 3.42. The lowest BCUT2D eigenvalue weighted by molar-refractivity contribution is -0.144. The molecule has 6 heteroatoms. The summed E-state index contributed by atoms with van der Waals surface area (Å²) < 4.78 is 1.91. The van der Waals surface area contributed by atoms with Gasteiger partial charge in [-0.1, -0.05) is 29.3 Å². The molecule has 0 aliphatic rings. The van der Waals surface area contributed by atoms with Crippen LogP contribution in [0.5, 0.6) is 0 Å². The molecule has 0 aliphatic carbocycles. The minimum atomic E-state index is -1.25. The monoisotopic (exact) mass is 326 g/mol. The van der Waals surface area contributed by atoms with Gasteiger partial charge < -0.3 is 9.67 Å². The highest BCUT2D eigenvalue weighted by Crippen LogP contribution is 2.29. The molecule has 0 fully saturated rings. The van der Waals surface area contributed by atoms with E-state index in [4.69, 9.17) is 23.2 Å². The van der Waals surface area contributed by atoms with Gasteiger partial charge in [-0.15, -0.1) is 0 Å². The summed E-state index contributed by atoms with van der Waals surface area (Å²) in [6.45, 7) is 2.04. The number of benzene rings is 1. The fraction of sp³-hybridized carbons (Fsp3) is 0.267. The zero-order valence-corrected chi connectivity index (χ0v) is 13.2. The molecule has 2 aromatic rings. The SMILES string of the molecule is Cn1ccc(CNC(C)(C(=O)O)c2ccc(Cl)c(Cl)c2)c1. The number of nitrogens with zero attached hydrogens (tertiary/aromatic N) is 1. The number of carboxylic acids is 1. The van der Waals surface area contributed by atoms with E-state index in [0.29, 0.717) is 22.2 Å². The van der Waals surface area contributed by atoms with Gasteiger partial charge in [0, 0.05) is 26.0 Å². The van der Waals surface area contributed by atoms with Crippen LogP contribution in [0.4, 0.5) is 0 Å². The summed E-state index contributed by atoms with van der Waals surface area (Å²) in [7, 11) is 1.92. The highest BCUT2D eigenvalue weighted by Gasteiger charge is 2.35. The number of aliphatic carboxylic acids is 1. The van der Waals surface area contributed by atoms with Gasteiger partial charge in [-0.05, 0) is 36.2 Å². The van der Waals surface area contributed by atoms with Gasteiger partial charge in [-0.25, -0.2) is 4.79 Å². The van der Waals surface area contributed by atoms with Crippen molar-refractivity contribution in [3.05, 3.63) is 57.8 Å². The van der Waals surface area contributed by atoms with Gasteiger partial charge in [-0.3, -0.25) is 5.32 Å². The van der Waals surface area contributed by atoms with E-state index >= 15 is 0 Å². The average molecular weight is 327 g/mol. The third kappa shape index (κ3) is 3.40. The number of nitrogens with one attached hydrogen (secondary N) is 1. The topological polar surface area (TPSA) is 54.3 Å². The first-order chi connectivity index (χ1) is 9.83. The van der Waals surface area contributed by atoms with Crippen molar-refractivity contribution in [1.29, 1.82) is 0 Å². The molecule has 1 aromatic heterocycles. The Hall–Kier alpha value is -1.49. The molecular weight excluding hydrogens is 311 g/mol. The van der Waals surface area contributed by atoms with Gasteiger partial charge in [0.15, 0.2) is 0 Å². The third-order valence-electron chi connectivity index (χ3n) is 3.46. The summed E-state index contributed by atoms with van der Waals surface area (Å²) in [5.41, 5.74) is 0.315. The van der Waals surface area contributed by atoms with Crippen molar-refractivity contribution in [2.45, 2.75) is 19.0 Å². The predicted molar refractivity (Wildman–Crippen MR) is 83.7 cm³/mol. The lowest BCUT2D eigenvalue weighted by atomic mass is 9.92. The van der Waals surface area contributed by atoms with Crippen LogP contribution in [0.25, 0.3) is 0 Å². The van der Waals surface area contributed by atoms with Crippen LogP contribution in [0.15, 0.2) is 36.7 Å². The van der Waals surface area contributed by atoms with E-state index in [1.54, 1.807) is 25.1 Å². The lowest BCUT2D eigenvalue weighted by Crippen LogP contribution is -2.46. The summed E-state index contributed by atoms with van der Waals surface area (Å²) in [5.74, 6) is -0.975. The molecular formula is C15H16Cl2N2O2. The number of rotatable bonds is 5. The highest BCUT2D eigenvalue weighted by molar-refractivity contribution is 6.42. The molecule has 0 amide bonds. The summed E-state index contributed by atoms with van der Waals surface area (Å²) in [5, 5.41) is 13.4. The Morgan fingerprint density at radius 1 is 1.33 bits per heavy atom. The molecule has 0 saturated carbocycles. The molecule has 0 bridgehead atoms. The van der Waals surface area contributed by atoms with Gasteiger partial charge in [-0.2, -0.15) is 0 Å². The number of hydrogen-bond acceptors (Lipinski definition) is 2. The van der Waals surface area contributed by atoms with Gasteiger partial charge in [0.25, 0.3) is 0 Å². The van der Waals surface area contributed by atoms with Crippen LogP contribution in [0, 0.1) is 0 Å². The van der Waals surface area contributed by atoms with Gasteiger partial charge in [0.05, 0.1) is 10.0 Å². The molecule has 1 aromatic carbocycles. The molecule has 0 aliphatic heterocycles. The fourth-order valence-corrected chi connectivity index (χ4v) is 2.35. The number of aryl methyl sites for hydroxylation is 1. The second kappa shape index (κ2) is 6.10. The molecule has 2 rings (SSSR count). The standard InChI is InChI=1S/C15H16Cl2N2O2/c1-15(14(20)21,11-3-4-12(16)13(17)7-11)18-8-10-5-6-19(2)9-10/h3-7,9,18H,8H2,1-2H3,(H,20,21). The molecule has 0 saturated heterocycles. The van der Waals surface area contributed by atoms with Crippen LogP contribution in [0.2, 0.25) is 10.0 Å². The molecule has 4 nitrogen and oxygen atoms in total. The molecule has 1 atom stereocenters. The number of halogens is 2. The van der Waals surface area contributed by atoms with Gasteiger partial charge in [0.2, 0.25) is 0 Å². The van der Waals surface area contributed by atoms with Crippen LogP contribution in [-0.2, 0) is 23.9 Å². The van der Waals surface area contributed by atoms with Crippen molar-refractivity contribution < 1.29 is 9.90 Å². The van der Waals surface area contributed by atoms with E-state index in [1.807, 2.05) is 30.1 Å². The van der Waals surface area contributed by atoms with E-state index in [2.05, 4.69) is 5.32 Å². The average Bonchev–Trinajstić information content (AvgIpc) is 2.84. The third-order valence-corrected chi connectivity index (χ3v) is 4.20. The maximum atomic E-state index is 11.7.